The van der Waals surface area contributed by atoms with Crippen molar-refractivity contribution < 1.29 is 5.11 Å². The molecule has 0 spiro atoms. The van der Waals surface area contributed by atoms with E-state index in [1.54, 1.807) is 0 Å². The molecule has 0 amide bonds. The lowest BCUT2D eigenvalue weighted by Gasteiger charge is -2.13. The summed E-state index contributed by atoms with van der Waals surface area (Å²) >= 11 is 3.28. The molecule has 72 valence electrons. The number of aliphatic hydroxyl groups excluding tert-OH is 1. The van der Waals surface area contributed by atoms with Gasteiger partial charge in [-0.1, -0.05) is 13.0 Å². The number of hydrogen-bond donors (Lipinski definition) is 2. The summed E-state index contributed by atoms with van der Waals surface area (Å²) < 4.78 is 0.809. The average Bonchev–Trinajstić information content (AvgIpc) is 2.04. The van der Waals surface area contributed by atoms with E-state index in [1.807, 2.05) is 25.1 Å². The van der Waals surface area contributed by atoms with Gasteiger partial charge in [0.1, 0.15) is 10.8 Å². The standard InChI is InChI=1S/C9H13BrN2O/c1-6(9(11)13)5-7-3-2-4-8(10)12-7/h2-4,6,9,13H,5,11H2,1H3. The first-order valence-corrected chi connectivity index (χ1v) is 4.94. The van der Waals surface area contributed by atoms with Crippen LogP contribution >= 0.6 is 15.9 Å². The van der Waals surface area contributed by atoms with Crippen LogP contribution in [-0.2, 0) is 6.42 Å². The molecule has 13 heavy (non-hydrogen) atoms. The molecule has 2 unspecified atom stereocenters. The second-order valence-corrected chi connectivity index (χ2v) is 3.94. The molecule has 0 saturated carbocycles. The summed E-state index contributed by atoms with van der Waals surface area (Å²) in [6.07, 6.45) is -0.0855. The molecule has 0 radical (unpaired) electrons. The van der Waals surface area contributed by atoms with Crippen LogP contribution in [-0.4, -0.2) is 16.3 Å². The molecule has 0 aliphatic heterocycles. The van der Waals surface area contributed by atoms with Crippen molar-refractivity contribution in [1.82, 2.24) is 4.98 Å². The molecule has 1 rings (SSSR count). The molecule has 0 saturated heterocycles. The fourth-order valence-electron chi connectivity index (χ4n) is 1.01. The third kappa shape index (κ3) is 3.42. The van der Waals surface area contributed by atoms with Gasteiger partial charge in [-0.2, -0.15) is 0 Å². The second kappa shape index (κ2) is 4.69. The Morgan fingerprint density at radius 3 is 2.85 bits per heavy atom. The molecular weight excluding hydrogens is 232 g/mol. The number of nitrogens with two attached hydrogens (primary N) is 1. The van der Waals surface area contributed by atoms with E-state index < -0.39 is 6.23 Å². The van der Waals surface area contributed by atoms with Crippen LogP contribution in [0.4, 0.5) is 0 Å². The first-order valence-electron chi connectivity index (χ1n) is 4.14. The zero-order valence-corrected chi connectivity index (χ0v) is 9.03. The van der Waals surface area contributed by atoms with Gasteiger partial charge in [0.05, 0.1) is 0 Å². The van der Waals surface area contributed by atoms with Gasteiger partial charge in [0.2, 0.25) is 0 Å². The Bertz CT molecular complexity index is 278. The minimum Gasteiger partial charge on any atom is -0.379 e. The SMILES string of the molecule is CC(Cc1cccc(Br)n1)C(N)O. The number of pyridine rings is 1. The largest absolute Gasteiger partial charge is 0.379 e. The molecule has 0 aliphatic carbocycles. The van der Waals surface area contributed by atoms with Crippen LogP contribution in [0, 0.1) is 5.92 Å². The molecule has 2 atom stereocenters. The summed E-state index contributed by atoms with van der Waals surface area (Å²) in [6, 6.07) is 5.71. The lowest BCUT2D eigenvalue weighted by molar-refractivity contribution is 0.123. The Balaban J connectivity index is 2.64. The van der Waals surface area contributed by atoms with E-state index in [2.05, 4.69) is 20.9 Å². The zero-order chi connectivity index (χ0) is 9.84. The van der Waals surface area contributed by atoms with E-state index in [4.69, 9.17) is 10.8 Å². The summed E-state index contributed by atoms with van der Waals surface area (Å²) in [4.78, 5) is 4.25. The van der Waals surface area contributed by atoms with Crippen molar-refractivity contribution in [2.24, 2.45) is 11.7 Å². The Morgan fingerprint density at radius 2 is 2.31 bits per heavy atom. The average molecular weight is 245 g/mol. The number of rotatable bonds is 3. The van der Waals surface area contributed by atoms with E-state index in [0.717, 1.165) is 10.3 Å². The van der Waals surface area contributed by atoms with Gasteiger partial charge < -0.3 is 10.8 Å². The predicted molar refractivity (Wildman–Crippen MR) is 55.0 cm³/mol. The zero-order valence-electron chi connectivity index (χ0n) is 7.44. The minimum atomic E-state index is -0.777. The highest BCUT2D eigenvalue weighted by molar-refractivity contribution is 9.10. The molecule has 3 nitrogen and oxygen atoms in total. The Hall–Kier alpha value is -0.450. The smallest absolute Gasteiger partial charge is 0.106 e. The van der Waals surface area contributed by atoms with Crippen LogP contribution in [0.15, 0.2) is 22.8 Å². The van der Waals surface area contributed by atoms with Crippen LogP contribution in [0.1, 0.15) is 12.6 Å². The fourth-order valence-corrected chi connectivity index (χ4v) is 1.40. The molecule has 0 aromatic carbocycles. The summed E-state index contributed by atoms with van der Waals surface area (Å²) in [5, 5.41) is 9.09. The number of nitrogens with zero attached hydrogens (tertiary/aromatic N) is 1. The Morgan fingerprint density at radius 1 is 1.62 bits per heavy atom. The van der Waals surface area contributed by atoms with Gasteiger partial charge in [-0.15, -0.1) is 0 Å². The topological polar surface area (TPSA) is 59.1 Å². The summed E-state index contributed by atoms with van der Waals surface area (Å²) in [5.74, 6) is 0.0294. The van der Waals surface area contributed by atoms with Gasteiger partial charge in [0, 0.05) is 11.6 Å². The molecule has 3 N–H and O–H groups in total. The summed E-state index contributed by atoms with van der Waals surface area (Å²) in [5.41, 5.74) is 6.27. The summed E-state index contributed by atoms with van der Waals surface area (Å²) in [7, 11) is 0. The van der Waals surface area contributed by atoms with Crippen molar-refractivity contribution in [2.45, 2.75) is 19.6 Å². The monoisotopic (exact) mass is 244 g/mol. The molecule has 1 aromatic rings. The number of hydrogen-bond acceptors (Lipinski definition) is 3. The predicted octanol–water partition coefficient (Wildman–Crippen LogP) is 1.30. The first kappa shape index (κ1) is 10.6. The van der Waals surface area contributed by atoms with E-state index in [0.29, 0.717) is 6.42 Å². The third-order valence-corrected chi connectivity index (χ3v) is 2.33. The molecule has 1 heterocycles. The van der Waals surface area contributed by atoms with Crippen LogP contribution in [0.5, 0.6) is 0 Å². The molecule has 0 fully saturated rings. The van der Waals surface area contributed by atoms with E-state index in [-0.39, 0.29) is 5.92 Å². The minimum absolute atomic E-state index is 0.0294. The highest BCUT2D eigenvalue weighted by atomic mass is 79.9. The van der Waals surface area contributed by atoms with Crippen molar-refractivity contribution in [3.8, 4) is 0 Å². The molecule has 4 heteroatoms. The normalized spacial score (nSPS) is 15.4. The van der Waals surface area contributed by atoms with E-state index in [9.17, 15) is 0 Å². The Kier molecular flexibility index (Phi) is 3.84. The first-order chi connectivity index (χ1) is 6.09. The second-order valence-electron chi connectivity index (χ2n) is 3.12. The fraction of sp³-hybridized carbons (Fsp3) is 0.444. The number of halogens is 1. The third-order valence-electron chi connectivity index (χ3n) is 1.89. The lowest BCUT2D eigenvalue weighted by atomic mass is 10.0. The van der Waals surface area contributed by atoms with Gasteiger partial charge in [0.15, 0.2) is 0 Å². The number of aromatic nitrogens is 1. The Labute approximate surface area is 86.1 Å². The lowest BCUT2D eigenvalue weighted by Crippen LogP contribution is -2.29. The quantitative estimate of drug-likeness (QED) is 0.623. The van der Waals surface area contributed by atoms with E-state index in [1.165, 1.54) is 0 Å². The van der Waals surface area contributed by atoms with Crippen LogP contribution in [0.2, 0.25) is 0 Å². The van der Waals surface area contributed by atoms with Crippen LogP contribution in [0.25, 0.3) is 0 Å². The molecular formula is C9H13BrN2O. The maximum absolute atomic E-state index is 9.09. The van der Waals surface area contributed by atoms with Crippen molar-refractivity contribution in [3.63, 3.8) is 0 Å². The van der Waals surface area contributed by atoms with Gasteiger partial charge >= 0.3 is 0 Å². The van der Waals surface area contributed by atoms with Gasteiger partial charge in [-0.3, -0.25) is 0 Å². The van der Waals surface area contributed by atoms with Crippen LogP contribution < -0.4 is 5.73 Å². The highest BCUT2D eigenvalue weighted by Crippen LogP contribution is 2.11. The van der Waals surface area contributed by atoms with Crippen molar-refractivity contribution >= 4 is 15.9 Å². The van der Waals surface area contributed by atoms with E-state index >= 15 is 0 Å². The van der Waals surface area contributed by atoms with Gasteiger partial charge in [-0.25, -0.2) is 4.98 Å². The molecule has 0 aliphatic rings. The maximum Gasteiger partial charge on any atom is 0.106 e. The highest BCUT2D eigenvalue weighted by Gasteiger charge is 2.10. The van der Waals surface area contributed by atoms with Crippen LogP contribution in [0.3, 0.4) is 0 Å². The van der Waals surface area contributed by atoms with Gasteiger partial charge in [0.25, 0.3) is 0 Å². The molecule has 0 bridgehead atoms. The summed E-state index contributed by atoms with van der Waals surface area (Å²) in [6.45, 7) is 1.90. The maximum atomic E-state index is 9.09. The number of aliphatic hydroxyl groups is 1. The van der Waals surface area contributed by atoms with Gasteiger partial charge in [-0.05, 0) is 34.5 Å². The molecule has 1 aromatic heterocycles. The van der Waals surface area contributed by atoms with Crippen molar-refractivity contribution in [1.29, 1.82) is 0 Å². The van der Waals surface area contributed by atoms with Crippen molar-refractivity contribution in [3.05, 3.63) is 28.5 Å². The van der Waals surface area contributed by atoms with Crippen molar-refractivity contribution in [2.75, 3.05) is 0 Å².